The van der Waals surface area contributed by atoms with Gasteiger partial charge in [0.15, 0.2) is 0 Å². The van der Waals surface area contributed by atoms with Gasteiger partial charge < -0.3 is 20.3 Å². The van der Waals surface area contributed by atoms with Gasteiger partial charge in [-0.1, -0.05) is 39.8 Å². The molecule has 6 nitrogen and oxygen atoms in total. The average Bonchev–Trinajstić information content (AvgIpc) is 2.76. The highest BCUT2D eigenvalue weighted by Gasteiger charge is 2.25. The fraction of sp³-hybridized carbons (Fsp3) is 0.417. The minimum Gasteiger partial charge on any atom is -0.492 e. The van der Waals surface area contributed by atoms with Gasteiger partial charge >= 0.3 is 0 Å². The highest BCUT2D eigenvalue weighted by molar-refractivity contribution is 6.01. The minimum absolute atomic E-state index is 0.0906. The molecule has 0 aliphatic carbocycles. The summed E-state index contributed by atoms with van der Waals surface area (Å²) in [7, 11) is 0. The number of halogens is 1. The third kappa shape index (κ3) is 7.36. The quantitative estimate of drug-likeness (QED) is 0.568. The van der Waals surface area contributed by atoms with Crippen LogP contribution in [0, 0.1) is 11.7 Å². The molecule has 2 aromatic carbocycles. The lowest BCUT2D eigenvalue weighted by atomic mass is 10.0. The molecular weight excluding hydrogens is 397 g/mol. The maximum atomic E-state index is 13.9. The Bertz CT molecular complexity index is 851. The van der Waals surface area contributed by atoms with Crippen molar-refractivity contribution in [3.8, 4) is 5.75 Å². The molecule has 2 rings (SSSR count). The van der Waals surface area contributed by atoms with E-state index in [0.717, 1.165) is 25.4 Å². The van der Waals surface area contributed by atoms with Crippen LogP contribution in [0.25, 0.3) is 0 Å². The Kier molecular flexibility index (Phi) is 9.46. The number of anilines is 1. The van der Waals surface area contributed by atoms with Gasteiger partial charge in [-0.15, -0.1) is 0 Å². The summed E-state index contributed by atoms with van der Waals surface area (Å²) in [4.78, 5) is 27.4. The van der Waals surface area contributed by atoms with Crippen molar-refractivity contribution in [1.82, 2.24) is 10.2 Å². The standard InChI is InChI=1S/C24H32FN3O3/c1-5-28(6-2)15-16-31-19-13-11-18(12-14-19)26-24(30)22(17(3)4)27-23(29)20-9-7-8-10-21(20)25/h7-14,17,22H,5-6,15-16H2,1-4H3,(H,26,30)(H,27,29). The molecular formula is C24H32FN3O3. The third-order valence-electron chi connectivity index (χ3n) is 5.05. The van der Waals surface area contributed by atoms with Gasteiger partial charge in [-0.2, -0.15) is 0 Å². The molecule has 1 atom stereocenters. The Balaban J connectivity index is 1.95. The van der Waals surface area contributed by atoms with Crippen LogP contribution in [0.2, 0.25) is 0 Å². The number of hydrogen-bond acceptors (Lipinski definition) is 4. The first-order valence-electron chi connectivity index (χ1n) is 10.7. The van der Waals surface area contributed by atoms with Crippen molar-refractivity contribution >= 4 is 17.5 Å². The molecule has 1 unspecified atom stereocenters. The first-order chi connectivity index (χ1) is 14.8. The molecule has 2 aromatic rings. The Hall–Kier alpha value is -2.93. The van der Waals surface area contributed by atoms with Crippen LogP contribution in [-0.2, 0) is 4.79 Å². The summed E-state index contributed by atoms with van der Waals surface area (Å²) in [5.41, 5.74) is 0.499. The second-order valence-corrected chi connectivity index (χ2v) is 7.56. The normalized spacial score (nSPS) is 12.0. The molecule has 7 heteroatoms. The zero-order valence-electron chi connectivity index (χ0n) is 18.7. The van der Waals surface area contributed by atoms with Crippen LogP contribution >= 0.6 is 0 Å². The number of likely N-dealkylation sites (N-methyl/N-ethyl adjacent to an activating group) is 1. The predicted octanol–water partition coefficient (Wildman–Crippen LogP) is 3.94. The van der Waals surface area contributed by atoms with Gasteiger partial charge in [0, 0.05) is 12.2 Å². The minimum atomic E-state index is -0.808. The van der Waals surface area contributed by atoms with E-state index in [1.807, 2.05) is 13.8 Å². The lowest BCUT2D eigenvalue weighted by Gasteiger charge is -2.22. The molecule has 0 fully saturated rings. The number of benzene rings is 2. The highest BCUT2D eigenvalue weighted by atomic mass is 19.1. The molecule has 0 spiro atoms. The van der Waals surface area contributed by atoms with Crippen molar-refractivity contribution < 1.29 is 18.7 Å². The molecule has 2 amide bonds. The van der Waals surface area contributed by atoms with E-state index >= 15 is 0 Å². The number of nitrogens with one attached hydrogen (secondary N) is 2. The fourth-order valence-electron chi connectivity index (χ4n) is 3.09. The number of rotatable bonds is 11. The number of carbonyl (C=O) groups excluding carboxylic acids is 2. The van der Waals surface area contributed by atoms with E-state index in [2.05, 4.69) is 29.4 Å². The molecule has 0 aliphatic rings. The first-order valence-corrected chi connectivity index (χ1v) is 10.7. The Morgan fingerprint density at radius 1 is 1.03 bits per heavy atom. The van der Waals surface area contributed by atoms with Crippen LogP contribution in [0.5, 0.6) is 5.75 Å². The molecule has 31 heavy (non-hydrogen) atoms. The monoisotopic (exact) mass is 429 g/mol. The predicted molar refractivity (Wildman–Crippen MR) is 121 cm³/mol. The Labute approximate surface area is 183 Å². The molecule has 0 radical (unpaired) electrons. The second-order valence-electron chi connectivity index (χ2n) is 7.56. The van der Waals surface area contributed by atoms with Crippen molar-refractivity contribution in [1.29, 1.82) is 0 Å². The summed E-state index contributed by atoms with van der Waals surface area (Å²) in [5, 5.41) is 5.44. The van der Waals surface area contributed by atoms with Gasteiger partial charge in [0.2, 0.25) is 5.91 Å². The Morgan fingerprint density at radius 3 is 2.26 bits per heavy atom. The van der Waals surface area contributed by atoms with E-state index in [-0.39, 0.29) is 17.4 Å². The second kappa shape index (κ2) is 12.1. The SMILES string of the molecule is CCN(CC)CCOc1ccc(NC(=O)C(NC(=O)c2ccccc2F)C(C)C)cc1. The maximum Gasteiger partial charge on any atom is 0.254 e. The Morgan fingerprint density at radius 2 is 1.68 bits per heavy atom. The molecule has 0 saturated carbocycles. The summed E-state index contributed by atoms with van der Waals surface area (Å²) >= 11 is 0. The first kappa shape index (κ1) is 24.3. The smallest absolute Gasteiger partial charge is 0.254 e. The van der Waals surface area contributed by atoms with Crippen molar-refractivity contribution in [2.75, 3.05) is 31.6 Å². The lowest BCUT2D eigenvalue weighted by molar-refractivity contribution is -0.118. The van der Waals surface area contributed by atoms with E-state index in [1.54, 1.807) is 30.3 Å². The summed E-state index contributed by atoms with van der Waals surface area (Å²) in [6.45, 7) is 11.3. The van der Waals surface area contributed by atoms with Crippen LogP contribution in [-0.4, -0.2) is 49.0 Å². The number of hydrogen-bond donors (Lipinski definition) is 2. The number of carbonyl (C=O) groups is 2. The maximum absolute atomic E-state index is 13.9. The van der Waals surface area contributed by atoms with Crippen LogP contribution in [0.4, 0.5) is 10.1 Å². The van der Waals surface area contributed by atoms with E-state index in [4.69, 9.17) is 4.74 Å². The van der Waals surface area contributed by atoms with Gasteiger partial charge in [-0.25, -0.2) is 4.39 Å². The highest BCUT2D eigenvalue weighted by Crippen LogP contribution is 2.17. The van der Waals surface area contributed by atoms with Crippen LogP contribution in [0.1, 0.15) is 38.1 Å². The average molecular weight is 430 g/mol. The summed E-state index contributed by atoms with van der Waals surface area (Å²) in [6.07, 6.45) is 0. The molecule has 0 saturated heterocycles. The molecule has 0 aliphatic heterocycles. The van der Waals surface area contributed by atoms with Gasteiger partial charge in [0.1, 0.15) is 24.2 Å². The zero-order valence-corrected chi connectivity index (χ0v) is 18.7. The number of ether oxygens (including phenoxy) is 1. The lowest BCUT2D eigenvalue weighted by Crippen LogP contribution is -2.47. The van der Waals surface area contributed by atoms with Crippen LogP contribution < -0.4 is 15.4 Å². The van der Waals surface area contributed by atoms with Gasteiger partial charge in [-0.05, 0) is 55.4 Å². The topological polar surface area (TPSA) is 70.7 Å². The number of nitrogens with zero attached hydrogens (tertiary/aromatic N) is 1. The molecule has 168 valence electrons. The van der Waals surface area contributed by atoms with Crippen LogP contribution in [0.3, 0.4) is 0 Å². The van der Waals surface area contributed by atoms with Crippen LogP contribution in [0.15, 0.2) is 48.5 Å². The van der Waals surface area contributed by atoms with Crippen molar-refractivity contribution in [2.24, 2.45) is 5.92 Å². The van der Waals surface area contributed by atoms with Crippen molar-refractivity contribution in [2.45, 2.75) is 33.7 Å². The van der Waals surface area contributed by atoms with Crippen molar-refractivity contribution in [3.63, 3.8) is 0 Å². The van der Waals surface area contributed by atoms with E-state index in [9.17, 15) is 14.0 Å². The van der Waals surface area contributed by atoms with Gasteiger partial charge in [-0.3, -0.25) is 9.59 Å². The van der Waals surface area contributed by atoms with E-state index in [1.165, 1.54) is 18.2 Å². The summed E-state index contributed by atoms with van der Waals surface area (Å²) in [6, 6.07) is 12.0. The zero-order chi connectivity index (χ0) is 22.8. The largest absolute Gasteiger partial charge is 0.492 e. The molecule has 2 N–H and O–H groups in total. The van der Waals surface area contributed by atoms with Crippen molar-refractivity contribution in [3.05, 3.63) is 59.9 Å². The van der Waals surface area contributed by atoms with Gasteiger partial charge in [0.05, 0.1) is 5.56 Å². The fourth-order valence-corrected chi connectivity index (χ4v) is 3.09. The number of amides is 2. The molecule has 0 bridgehead atoms. The molecule has 0 aromatic heterocycles. The van der Waals surface area contributed by atoms with E-state index in [0.29, 0.717) is 12.3 Å². The molecule has 0 heterocycles. The summed E-state index contributed by atoms with van der Waals surface area (Å²) < 4.78 is 19.6. The van der Waals surface area contributed by atoms with Gasteiger partial charge in [0.25, 0.3) is 5.91 Å². The summed E-state index contributed by atoms with van der Waals surface area (Å²) in [5.74, 6) is -1.07. The third-order valence-corrected chi connectivity index (χ3v) is 5.05. The van der Waals surface area contributed by atoms with E-state index < -0.39 is 17.8 Å².